The molecule has 1 amide bonds. The van der Waals surface area contributed by atoms with Crippen LogP contribution >= 0.6 is 15.9 Å². The van der Waals surface area contributed by atoms with Gasteiger partial charge in [-0.05, 0) is 0 Å². The number of carbonyl (C=O) groups excluding carboxylic acids is 1. The lowest BCUT2D eigenvalue weighted by atomic mass is 10.6. The monoisotopic (exact) mass is 196 g/mol. The standard InChI is InChI=1S/C4H9BrN2O2/c5-3-4(8)7-1-2-9-6/h1-3,6H2,(H,7,8). The molecule has 3 N–H and O–H groups in total. The molecule has 0 saturated carbocycles. The van der Waals surface area contributed by atoms with Gasteiger partial charge in [0.2, 0.25) is 5.91 Å². The van der Waals surface area contributed by atoms with Crippen molar-refractivity contribution < 1.29 is 9.63 Å². The fourth-order valence-corrected chi connectivity index (χ4v) is 0.495. The normalized spacial score (nSPS) is 9.11. The van der Waals surface area contributed by atoms with Crippen LogP contribution in [0.4, 0.5) is 0 Å². The van der Waals surface area contributed by atoms with E-state index in [4.69, 9.17) is 5.90 Å². The number of hydrogen-bond donors (Lipinski definition) is 2. The van der Waals surface area contributed by atoms with E-state index in [0.717, 1.165) is 0 Å². The summed E-state index contributed by atoms with van der Waals surface area (Å²) in [6.07, 6.45) is 0. The van der Waals surface area contributed by atoms with Gasteiger partial charge < -0.3 is 10.2 Å². The zero-order valence-electron chi connectivity index (χ0n) is 4.89. The number of alkyl halides is 1. The maximum atomic E-state index is 10.4. The second kappa shape index (κ2) is 6.00. The summed E-state index contributed by atoms with van der Waals surface area (Å²) in [5.74, 6) is 4.63. The largest absolute Gasteiger partial charge is 0.353 e. The second-order valence-electron chi connectivity index (χ2n) is 1.35. The van der Waals surface area contributed by atoms with Gasteiger partial charge in [0.25, 0.3) is 0 Å². The molecule has 0 aromatic carbocycles. The van der Waals surface area contributed by atoms with Crippen LogP contribution in [-0.4, -0.2) is 24.4 Å². The van der Waals surface area contributed by atoms with E-state index in [1.54, 1.807) is 0 Å². The molecule has 0 heterocycles. The van der Waals surface area contributed by atoms with Crippen molar-refractivity contribution in [3.05, 3.63) is 0 Å². The van der Waals surface area contributed by atoms with Crippen LogP contribution in [0.2, 0.25) is 0 Å². The summed E-state index contributed by atoms with van der Waals surface area (Å²) in [6, 6.07) is 0. The highest BCUT2D eigenvalue weighted by Gasteiger charge is 1.93. The van der Waals surface area contributed by atoms with E-state index in [-0.39, 0.29) is 5.91 Å². The van der Waals surface area contributed by atoms with Gasteiger partial charge in [0.15, 0.2) is 0 Å². The SMILES string of the molecule is NOCCNC(=O)CBr. The number of amides is 1. The molecule has 0 unspecified atom stereocenters. The van der Waals surface area contributed by atoms with Crippen LogP contribution in [0.25, 0.3) is 0 Å². The molecule has 0 fully saturated rings. The third kappa shape index (κ3) is 5.75. The van der Waals surface area contributed by atoms with Crippen LogP contribution in [0.15, 0.2) is 0 Å². The smallest absolute Gasteiger partial charge is 0.230 e. The van der Waals surface area contributed by atoms with E-state index in [1.165, 1.54) is 0 Å². The Morgan fingerprint density at radius 3 is 2.89 bits per heavy atom. The lowest BCUT2D eigenvalue weighted by molar-refractivity contribution is -0.118. The van der Waals surface area contributed by atoms with Gasteiger partial charge in [-0.1, -0.05) is 15.9 Å². The van der Waals surface area contributed by atoms with Gasteiger partial charge in [0.1, 0.15) is 0 Å². The molecule has 0 radical (unpaired) electrons. The molecule has 0 atom stereocenters. The lowest BCUT2D eigenvalue weighted by Gasteiger charge is -1.98. The maximum absolute atomic E-state index is 10.4. The number of nitrogens with one attached hydrogen (secondary N) is 1. The molecule has 0 aliphatic rings. The minimum atomic E-state index is -0.0629. The zero-order chi connectivity index (χ0) is 7.11. The summed E-state index contributed by atoms with van der Waals surface area (Å²) in [5.41, 5.74) is 0. The number of halogens is 1. The molecular weight excluding hydrogens is 188 g/mol. The van der Waals surface area contributed by atoms with Gasteiger partial charge in [-0.15, -0.1) is 0 Å². The van der Waals surface area contributed by atoms with Crippen molar-refractivity contribution in [1.29, 1.82) is 0 Å². The molecule has 0 rings (SSSR count). The van der Waals surface area contributed by atoms with Gasteiger partial charge in [0, 0.05) is 6.54 Å². The number of hydrogen-bond acceptors (Lipinski definition) is 3. The first kappa shape index (κ1) is 8.87. The van der Waals surface area contributed by atoms with Crippen molar-refractivity contribution in [2.75, 3.05) is 18.5 Å². The van der Waals surface area contributed by atoms with Crippen LogP contribution < -0.4 is 11.2 Å². The Bertz CT molecular complexity index is 88.6. The van der Waals surface area contributed by atoms with Crippen molar-refractivity contribution in [3.8, 4) is 0 Å². The highest BCUT2D eigenvalue weighted by Crippen LogP contribution is 1.76. The molecule has 0 saturated heterocycles. The van der Waals surface area contributed by atoms with E-state index < -0.39 is 0 Å². The summed E-state index contributed by atoms with van der Waals surface area (Å²) < 4.78 is 0. The van der Waals surface area contributed by atoms with Crippen LogP contribution in [0, 0.1) is 0 Å². The number of nitrogens with two attached hydrogens (primary N) is 1. The third-order valence-electron chi connectivity index (χ3n) is 0.663. The van der Waals surface area contributed by atoms with Crippen molar-refractivity contribution >= 4 is 21.8 Å². The minimum absolute atomic E-state index is 0.0629. The molecule has 54 valence electrons. The fourth-order valence-electron chi connectivity index (χ4n) is 0.297. The molecule has 0 bridgehead atoms. The van der Waals surface area contributed by atoms with E-state index in [9.17, 15) is 4.79 Å². The Morgan fingerprint density at radius 2 is 2.44 bits per heavy atom. The van der Waals surface area contributed by atoms with E-state index >= 15 is 0 Å². The summed E-state index contributed by atoms with van der Waals surface area (Å²) in [7, 11) is 0. The van der Waals surface area contributed by atoms with Crippen molar-refractivity contribution in [3.63, 3.8) is 0 Å². The summed E-state index contributed by atoms with van der Waals surface area (Å²) in [5, 5.41) is 2.86. The molecule has 0 aliphatic heterocycles. The molecular formula is C4H9BrN2O2. The van der Waals surface area contributed by atoms with Crippen molar-refractivity contribution in [1.82, 2.24) is 5.32 Å². The Kier molecular flexibility index (Phi) is 5.91. The van der Waals surface area contributed by atoms with Crippen molar-refractivity contribution in [2.45, 2.75) is 0 Å². The summed E-state index contributed by atoms with van der Waals surface area (Å²) >= 11 is 2.98. The van der Waals surface area contributed by atoms with Gasteiger partial charge >= 0.3 is 0 Å². The topological polar surface area (TPSA) is 64.3 Å². The average molecular weight is 197 g/mol. The molecule has 0 aromatic rings. The zero-order valence-corrected chi connectivity index (χ0v) is 6.48. The first-order valence-electron chi connectivity index (χ1n) is 2.45. The average Bonchev–Trinajstić information content (AvgIpc) is 1.89. The highest BCUT2D eigenvalue weighted by molar-refractivity contribution is 9.09. The van der Waals surface area contributed by atoms with Crippen LogP contribution in [-0.2, 0) is 9.63 Å². The second-order valence-corrected chi connectivity index (χ2v) is 1.92. The summed E-state index contributed by atoms with van der Waals surface area (Å²) in [6.45, 7) is 0.805. The maximum Gasteiger partial charge on any atom is 0.230 e. The van der Waals surface area contributed by atoms with Crippen LogP contribution in [0.3, 0.4) is 0 Å². The van der Waals surface area contributed by atoms with E-state index in [0.29, 0.717) is 18.5 Å². The Hall–Kier alpha value is -0.130. The molecule has 5 heteroatoms. The minimum Gasteiger partial charge on any atom is -0.353 e. The van der Waals surface area contributed by atoms with Crippen LogP contribution in [0.5, 0.6) is 0 Å². The molecule has 0 spiro atoms. The number of rotatable bonds is 4. The fraction of sp³-hybridized carbons (Fsp3) is 0.750. The third-order valence-corrected chi connectivity index (χ3v) is 1.17. The van der Waals surface area contributed by atoms with Gasteiger partial charge in [-0.25, -0.2) is 5.90 Å². The first-order valence-corrected chi connectivity index (χ1v) is 3.57. The van der Waals surface area contributed by atoms with Gasteiger partial charge in [-0.2, -0.15) is 0 Å². The molecule has 4 nitrogen and oxygen atoms in total. The Morgan fingerprint density at radius 1 is 1.78 bits per heavy atom. The quantitative estimate of drug-likeness (QED) is 0.359. The van der Waals surface area contributed by atoms with Crippen molar-refractivity contribution in [2.24, 2.45) is 5.90 Å². The molecule has 0 aromatic heterocycles. The Balaban J connectivity index is 2.97. The van der Waals surface area contributed by atoms with E-state index in [1.807, 2.05) is 0 Å². The Labute approximate surface area is 61.8 Å². The predicted molar refractivity (Wildman–Crippen MR) is 36.9 cm³/mol. The molecule has 0 aliphatic carbocycles. The highest BCUT2D eigenvalue weighted by atomic mass is 79.9. The van der Waals surface area contributed by atoms with Gasteiger partial charge in [-0.3, -0.25) is 4.79 Å². The number of carbonyl (C=O) groups is 1. The first-order chi connectivity index (χ1) is 4.31. The van der Waals surface area contributed by atoms with Crippen LogP contribution in [0.1, 0.15) is 0 Å². The van der Waals surface area contributed by atoms with Gasteiger partial charge in [0.05, 0.1) is 11.9 Å². The molecule has 9 heavy (non-hydrogen) atoms. The van der Waals surface area contributed by atoms with E-state index in [2.05, 4.69) is 26.1 Å². The lowest BCUT2D eigenvalue weighted by Crippen LogP contribution is -2.28. The predicted octanol–water partition coefficient (Wildman–Crippen LogP) is -0.612. The summed E-state index contributed by atoms with van der Waals surface area (Å²) in [4.78, 5) is 14.6.